The molecular formula is C13H21N3O. The van der Waals surface area contributed by atoms with Crippen LogP contribution in [-0.2, 0) is 0 Å². The van der Waals surface area contributed by atoms with Crippen molar-refractivity contribution in [2.75, 3.05) is 27.2 Å². The maximum atomic E-state index is 5.61. The van der Waals surface area contributed by atoms with Crippen LogP contribution in [0.3, 0.4) is 0 Å². The summed E-state index contributed by atoms with van der Waals surface area (Å²) in [5.74, 6) is 1.73. The molecule has 0 aliphatic heterocycles. The smallest absolute Gasteiger partial charge is 0.190 e. The van der Waals surface area contributed by atoms with Gasteiger partial charge in [0.2, 0.25) is 0 Å². The van der Waals surface area contributed by atoms with Gasteiger partial charge in [0.25, 0.3) is 0 Å². The zero-order chi connectivity index (χ0) is 12.5. The Bertz CT molecular complexity index is 346. The Hall–Kier alpha value is -1.71. The molecule has 4 heteroatoms. The van der Waals surface area contributed by atoms with Crippen molar-refractivity contribution in [3.8, 4) is 5.75 Å². The van der Waals surface area contributed by atoms with Gasteiger partial charge in [-0.2, -0.15) is 0 Å². The first-order valence-electron chi connectivity index (χ1n) is 5.84. The summed E-state index contributed by atoms with van der Waals surface area (Å²) in [6.07, 6.45) is 0.939. The summed E-state index contributed by atoms with van der Waals surface area (Å²) in [6.45, 7) is 3.62. The van der Waals surface area contributed by atoms with Crippen LogP contribution in [-0.4, -0.2) is 33.2 Å². The first-order chi connectivity index (χ1) is 8.26. The minimum atomic E-state index is 0.705. The number of hydrogen-bond acceptors (Lipinski definition) is 2. The molecule has 4 nitrogen and oxygen atoms in total. The Kier molecular flexibility index (Phi) is 5.93. The van der Waals surface area contributed by atoms with E-state index in [1.165, 1.54) is 5.56 Å². The number of aliphatic imine (C=N–C) groups is 1. The second kappa shape index (κ2) is 7.54. The topological polar surface area (TPSA) is 45.7 Å². The summed E-state index contributed by atoms with van der Waals surface area (Å²) < 4.78 is 5.61. The standard InChI is InChI=1S/C13H21N3O/c1-11-5-7-12(8-6-11)17-10-4-9-16-13(14-2)15-3/h5-8H,4,9-10H2,1-3H3,(H2,14,15,16). The highest BCUT2D eigenvalue weighted by molar-refractivity contribution is 5.79. The highest BCUT2D eigenvalue weighted by Crippen LogP contribution is 2.11. The fourth-order valence-electron chi connectivity index (χ4n) is 1.38. The molecule has 0 atom stereocenters. The molecule has 0 unspecified atom stereocenters. The van der Waals surface area contributed by atoms with Gasteiger partial charge in [0.1, 0.15) is 5.75 Å². The van der Waals surface area contributed by atoms with Crippen LogP contribution in [0.5, 0.6) is 5.75 Å². The lowest BCUT2D eigenvalue weighted by molar-refractivity contribution is 0.311. The minimum absolute atomic E-state index is 0.705. The quantitative estimate of drug-likeness (QED) is 0.462. The molecule has 0 heterocycles. The first kappa shape index (κ1) is 13.4. The maximum Gasteiger partial charge on any atom is 0.190 e. The number of ether oxygens (including phenoxy) is 1. The Morgan fingerprint density at radius 2 is 2.00 bits per heavy atom. The molecule has 17 heavy (non-hydrogen) atoms. The van der Waals surface area contributed by atoms with Crippen LogP contribution in [0.2, 0.25) is 0 Å². The minimum Gasteiger partial charge on any atom is -0.494 e. The molecule has 0 saturated heterocycles. The van der Waals surface area contributed by atoms with E-state index in [0.29, 0.717) is 6.61 Å². The normalized spacial score (nSPS) is 11.1. The first-order valence-corrected chi connectivity index (χ1v) is 5.84. The predicted octanol–water partition coefficient (Wildman–Crippen LogP) is 1.56. The van der Waals surface area contributed by atoms with Gasteiger partial charge in [-0.05, 0) is 25.5 Å². The molecule has 0 saturated carbocycles. The second-order valence-electron chi connectivity index (χ2n) is 3.76. The average molecular weight is 235 g/mol. The Balaban J connectivity index is 2.14. The largest absolute Gasteiger partial charge is 0.494 e. The van der Waals surface area contributed by atoms with Crippen molar-refractivity contribution in [1.29, 1.82) is 0 Å². The number of rotatable bonds is 5. The molecule has 0 fully saturated rings. The van der Waals surface area contributed by atoms with Gasteiger partial charge in [-0.15, -0.1) is 0 Å². The number of hydrogen-bond donors (Lipinski definition) is 2. The van der Waals surface area contributed by atoms with Gasteiger partial charge in [-0.1, -0.05) is 17.7 Å². The van der Waals surface area contributed by atoms with Crippen molar-refractivity contribution in [3.05, 3.63) is 29.8 Å². The van der Waals surface area contributed by atoms with Crippen LogP contribution < -0.4 is 15.4 Å². The van der Waals surface area contributed by atoms with E-state index in [9.17, 15) is 0 Å². The summed E-state index contributed by atoms with van der Waals surface area (Å²) in [5.41, 5.74) is 1.25. The zero-order valence-electron chi connectivity index (χ0n) is 10.8. The summed E-state index contributed by atoms with van der Waals surface area (Å²) in [6, 6.07) is 8.09. The Morgan fingerprint density at radius 1 is 1.29 bits per heavy atom. The van der Waals surface area contributed by atoms with Crippen molar-refractivity contribution in [1.82, 2.24) is 10.6 Å². The molecular weight excluding hydrogens is 214 g/mol. The van der Waals surface area contributed by atoms with E-state index >= 15 is 0 Å². The van der Waals surface area contributed by atoms with Gasteiger partial charge < -0.3 is 15.4 Å². The number of benzene rings is 1. The molecule has 0 bridgehead atoms. The van der Waals surface area contributed by atoms with E-state index in [-0.39, 0.29) is 0 Å². The van der Waals surface area contributed by atoms with Gasteiger partial charge in [-0.3, -0.25) is 4.99 Å². The van der Waals surface area contributed by atoms with Crippen LogP contribution in [0.4, 0.5) is 0 Å². The van der Waals surface area contributed by atoms with E-state index in [1.54, 1.807) is 7.05 Å². The third kappa shape index (κ3) is 5.24. The van der Waals surface area contributed by atoms with Gasteiger partial charge in [-0.25, -0.2) is 0 Å². The molecule has 0 spiro atoms. The van der Waals surface area contributed by atoms with Crippen LogP contribution in [0.15, 0.2) is 29.3 Å². The lowest BCUT2D eigenvalue weighted by atomic mass is 10.2. The molecule has 2 N–H and O–H groups in total. The van der Waals surface area contributed by atoms with E-state index in [4.69, 9.17) is 4.74 Å². The molecule has 1 rings (SSSR count). The van der Waals surface area contributed by atoms with E-state index < -0.39 is 0 Å². The van der Waals surface area contributed by atoms with Gasteiger partial charge in [0.05, 0.1) is 6.61 Å². The Morgan fingerprint density at radius 3 is 2.59 bits per heavy atom. The molecule has 94 valence electrons. The third-order valence-corrected chi connectivity index (χ3v) is 2.36. The lowest BCUT2D eigenvalue weighted by Crippen LogP contribution is -2.35. The highest BCUT2D eigenvalue weighted by atomic mass is 16.5. The molecule has 0 aliphatic rings. The number of aryl methyl sites for hydroxylation is 1. The van der Waals surface area contributed by atoms with Crippen molar-refractivity contribution < 1.29 is 4.74 Å². The average Bonchev–Trinajstić information content (AvgIpc) is 2.36. The molecule has 0 aromatic heterocycles. The number of nitrogens with zero attached hydrogens (tertiary/aromatic N) is 1. The maximum absolute atomic E-state index is 5.61. The fraction of sp³-hybridized carbons (Fsp3) is 0.462. The van der Waals surface area contributed by atoms with Crippen LogP contribution >= 0.6 is 0 Å². The van der Waals surface area contributed by atoms with Gasteiger partial charge in [0, 0.05) is 20.6 Å². The monoisotopic (exact) mass is 235 g/mol. The van der Waals surface area contributed by atoms with E-state index in [2.05, 4.69) is 34.7 Å². The predicted molar refractivity (Wildman–Crippen MR) is 71.7 cm³/mol. The molecule has 0 aliphatic carbocycles. The summed E-state index contributed by atoms with van der Waals surface area (Å²) in [7, 11) is 3.60. The third-order valence-electron chi connectivity index (χ3n) is 2.36. The molecule has 1 aromatic rings. The van der Waals surface area contributed by atoms with Gasteiger partial charge >= 0.3 is 0 Å². The van der Waals surface area contributed by atoms with Crippen molar-refractivity contribution >= 4 is 5.96 Å². The summed E-state index contributed by atoms with van der Waals surface area (Å²) in [5, 5.41) is 6.14. The van der Waals surface area contributed by atoms with Crippen LogP contribution in [0, 0.1) is 6.92 Å². The highest BCUT2D eigenvalue weighted by Gasteiger charge is 1.95. The molecule has 1 aromatic carbocycles. The molecule has 0 amide bonds. The van der Waals surface area contributed by atoms with Crippen molar-refractivity contribution in [2.45, 2.75) is 13.3 Å². The summed E-state index contributed by atoms with van der Waals surface area (Å²) >= 11 is 0. The zero-order valence-corrected chi connectivity index (χ0v) is 10.8. The van der Waals surface area contributed by atoms with Gasteiger partial charge in [0.15, 0.2) is 5.96 Å². The summed E-state index contributed by atoms with van der Waals surface area (Å²) in [4.78, 5) is 4.03. The number of nitrogens with one attached hydrogen (secondary N) is 2. The SMILES string of the molecule is CN=C(NC)NCCCOc1ccc(C)cc1. The lowest BCUT2D eigenvalue weighted by Gasteiger charge is -2.09. The van der Waals surface area contributed by atoms with Crippen molar-refractivity contribution in [3.63, 3.8) is 0 Å². The second-order valence-corrected chi connectivity index (χ2v) is 3.76. The van der Waals surface area contributed by atoms with E-state index in [1.807, 2.05) is 19.2 Å². The van der Waals surface area contributed by atoms with E-state index in [0.717, 1.165) is 24.7 Å². The van der Waals surface area contributed by atoms with Crippen LogP contribution in [0.1, 0.15) is 12.0 Å². The van der Waals surface area contributed by atoms with Crippen molar-refractivity contribution in [2.24, 2.45) is 4.99 Å². The molecule has 0 radical (unpaired) electrons. The number of guanidine groups is 1. The van der Waals surface area contributed by atoms with Crippen LogP contribution in [0.25, 0.3) is 0 Å². The Labute approximate surface area is 103 Å². The fourth-order valence-corrected chi connectivity index (χ4v) is 1.38.